The number of piperidine rings is 1. The third-order valence-electron chi connectivity index (χ3n) is 7.30. The van der Waals surface area contributed by atoms with E-state index < -0.39 is 12.3 Å². The van der Waals surface area contributed by atoms with Crippen LogP contribution < -0.4 is 5.73 Å². The highest BCUT2D eigenvalue weighted by Gasteiger charge is 2.34. The summed E-state index contributed by atoms with van der Waals surface area (Å²) < 4.78 is 29.0. The van der Waals surface area contributed by atoms with Crippen molar-refractivity contribution in [3.05, 3.63) is 47.9 Å². The van der Waals surface area contributed by atoms with Gasteiger partial charge >= 0.3 is 0 Å². The van der Waals surface area contributed by atoms with E-state index in [1.54, 1.807) is 0 Å². The molecular formula is C26H40F2N4. The molecule has 0 amide bonds. The Morgan fingerprint density at radius 3 is 2.31 bits per heavy atom. The van der Waals surface area contributed by atoms with Gasteiger partial charge in [0.25, 0.3) is 0 Å². The van der Waals surface area contributed by atoms with Crippen LogP contribution in [0.3, 0.4) is 0 Å². The molecule has 0 radical (unpaired) electrons. The van der Waals surface area contributed by atoms with Crippen molar-refractivity contribution in [3.8, 4) is 0 Å². The van der Waals surface area contributed by atoms with Crippen LogP contribution in [0, 0.1) is 17.8 Å². The van der Waals surface area contributed by atoms with Crippen molar-refractivity contribution in [2.75, 3.05) is 33.2 Å². The molecule has 2 heterocycles. The van der Waals surface area contributed by atoms with Crippen LogP contribution in [0.25, 0.3) is 0 Å². The van der Waals surface area contributed by atoms with Crippen molar-refractivity contribution in [1.29, 1.82) is 0 Å². The summed E-state index contributed by atoms with van der Waals surface area (Å²) in [4.78, 5) is 9.49. The topological polar surface area (TPSA) is 44.9 Å². The van der Waals surface area contributed by atoms with E-state index in [0.29, 0.717) is 43.4 Å². The maximum atomic E-state index is 15.1. The van der Waals surface area contributed by atoms with Crippen LogP contribution in [0.15, 0.2) is 52.8 Å². The molecule has 2 N–H and O–H groups in total. The normalized spacial score (nSPS) is 25.0. The number of allylic oxidation sites excluding steroid dienone is 3. The molecule has 0 aromatic rings. The molecule has 4 nitrogen and oxygen atoms in total. The number of nitrogens with two attached hydrogens (primary N) is 1. The zero-order chi connectivity index (χ0) is 23.4. The fraction of sp³-hybridized carbons (Fsp3) is 0.654. The van der Waals surface area contributed by atoms with Gasteiger partial charge in [0.15, 0.2) is 5.84 Å². The maximum absolute atomic E-state index is 15.1. The number of rotatable bonds is 8. The van der Waals surface area contributed by atoms with Crippen LogP contribution in [0.2, 0.25) is 0 Å². The highest BCUT2D eigenvalue weighted by Crippen LogP contribution is 2.43. The molecule has 3 aliphatic rings. The highest BCUT2D eigenvalue weighted by atomic mass is 19.1. The minimum Gasteiger partial charge on any atom is -0.396 e. The lowest BCUT2D eigenvalue weighted by Gasteiger charge is -2.37. The summed E-state index contributed by atoms with van der Waals surface area (Å²) in [5, 5.41) is 0. The Hall–Kier alpha value is -1.95. The van der Waals surface area contributed by atoms with Crippen molar-refractivity contribution < 1.29 is 8.78 Å². The molecule has 3 atom stereocenters. The van der Waals surface area contributed by atoms with Crippen LogP contribution in [0.5, 0.6) is 0 Å². The van der Waals surface area contributed by atoms with Gasteiger partial charge in [-0.1, -0.05) is 32.2 Å². The van der Waals surface area contributed by atoms with E-state index in [0.717, 1.165) is 31.1 Å². The number of amidine groups is 1. The minimum atomic E-state index is -1.32. The average Bonchev–Trinajstić information content (AvgIpc) is 3.60. The van der Waals surface area contributed by atoms with Crippen LogP contribution in [-0.4, -0.2) is 61.2 Å². The average molecular weight is 447 g/mol. The minimum absolute atomic E-state index is 0.185. The largest absolute Gasteiger partial charge is 0.396 e. The number of alkyl halides is 2. The summed E-state index contributed by atoms with van der Waals surface area (Å²) in [5.74, 6) is 1.85. The first kappa shape index (κ1) is 24.7. The summed E-state index contributed by atoms with van der Waals surface area (Å²) in [6.45, 7) is 14.4. The van der Waals surface area contributed by atoms with E-state index in [1.165, 1.54) is 37.5 Å². The third kappa shape index (κ3) is 5.89. The second-order valence-electron chi connectivity index (χ2n) is 9.79. The van der Waals surface area contributed by atoms with Gasteiger partial charge in [0.1, 0.15) is 12.3 Å². The van der Waals surface area contributed by atoms with Gasteiger partial charge in [0.05, 0.1) is 11.4 Å². The van der Waals surface area contributed by atoms with Crippen molar-refractivity contribution in [3.63, 3.8) is 0 Å². The second-order valence-corrected chi connectivity index (χ2v) is 9.79. The lowest BCUT2D eigenvalue weighted by molar-refractivity contribution is 0.165. The molecule has 1 saturated heterocycles. The maximum Gasteiger partial charge on any atom is 0.151 e. The summed E-state index contributed by atoms with van der Waals surface area (Å²) in [7, 11) is 2.12. The molecule has 0 bridgehead atoms. The summed E-state index contributed by atoms with van der Waals surface area (Å²) in [6, 6.07) is 0. The fourth-order valence-electron chi connectivity index (χ4n) is 5.10. The molecule has 6 heteroatoms. The van der Waals surface area contributed by atoms with Crippen molar-refractivity contribution >= 4 is 5.84 Å². The fourth-order valence-corrected chi connectivity index (χ4v) is 5.10. The monoisotopic (exact) mass is 446 g/mol. The second kappa shape index (κ2) is 10.8. The molecule has 32 heavy (non-hydrogen) atoms. The number of halogens is 2. The third-order valence-corrected chi connectivity index (χ3v) is 7.30. The molecule has 3 rings (SSSR count). The molecule has 178 valence electrons. The van der Waals surface area contributed by atoms with Crippen LogP contribution in [0.1, 0.15) is 46.0 Å². The number of likely N-dealkylation sites (tertiary alicyclic amines) is 1. The Kier molecular flexibility index (Phi) is 8.32. The van der Waals surface area contributed by atoms with Gasteiger partial charge in [0.2, 0.25) is 0 Å². The van der Waals surface area contributed by atoms with Gasteiger partial charge < -0.3 is 15.5 Å². The molecule has 1 saturated carbocycles. The molecule has 1 aliphatic carbocycles. The Balaban J connectivity index is 1.76. The van der Waals surface area contributed by atoms with Crippen LogP contribution in [0.4, 0.5) is 8.78 Å². The van der Waals surface area contributed by atoms with E-state index in [1.807, 2.05) is 0 Å². The predicted octanol–water partition coefficient (Wildman–Crippen LogP) is 5.01. The zero-order valence-electron chi connectivity index (χ0n) is 20.0. The first-order valence-electron chi connectivity index (χ1n) is 12.0. The number of nitrogens with zero attached hydrogens (tertiary/aromatic N) is 3. The van der Waals surface area contributed by atoms with Crippen molar-refractivity contribution in [1.82, 2.24) is 9.80 Å². The Bertz CT molecular complexity index is 786. The standard InChI is InChI=1S/C26H40F2N4/c1-6-7-23(18(3)27)25(28)21-10-14-32(15-11-21)26(19(4)29)30-24-16-31(5)13-12-22(24)17(2)20-8-9-20/h6-7,17-18,20-21,25H,1,4,8-16,29H2,2-3,5H3/b23-7+,30-26+. The van der Waals surface area contributed by atoms with Crippen molar-refractivity contribution in [2.24, 2.45) is 28.5 Å². The molecule has 0 aromatic carbocycles. The Morgan fingerprint density at radius 1 is 1.12 bits per heavy atom. The lowest BCUT2D eigenvalue weighted by Crippen LogP contribution is -2.43. The van der Waals surface area contributed by atoms with Gasteiger partial charge in [-0.15, -0.1) is 0 Å². The first-order chi connectivity index (χ1) is 15.2. The molecule has 2 aliphatic heterocycles. The number of likely N-dealkylation sites (N-methyl/N-ethyl adjacent to an activating group) is 1. The predicted molar refractivity (Wildman–Crippen MR) is 130 cm³/mol. The summed E-state index contributed by atoms with van der Waals surface area (Å²) in [5.41, 5.74) is 9.40. The molecule has 0 spiro atoms. The van der Waals surface area contributed by atoms with E-state index in [-0.39, 0.29) is 11.5 Å². The van der Waals surface area contributed by atoms with Gasteiger partial charge in [-0.25, -0.2) is 13.8 Å². The molecule has 3 unspecified atom stereocenters. The first-order valence-corrected chi connectivity index (χ1v) is 12.0. The Morgan fingerprint density at radius 2 is 1.78 bits per heavy atom. The molecule has 2 fully saturated rings. The van der Waals surface area contributed by atoms with E-state index in [9.17, 15) is 4.39 Å². The Labute approximate surface area is 192 Å². The van der Waals surface area contributed by atoms with E-state index in [4.69, 9.17) is 10.7 Å². The van der Waals surface area contributed by atoms with E-state index >= 15 is 4.39 Å². The van der Waals surface area contributed by atoms with Gasteiger partial charge in [-0.05, 0) is 75.0 Å². The number of hydrogen-bond donors (Lipinski definition) is 1. The van der Waals surface area contributed by atoms with Crippen molar-refractivity contribution in [2.45, 2.75) is 58.3 Å². The van der Waals surface area contributed by atoms with Crippen LogP contribution >= 0.6 is 0 Å². The van der Waals surface area contributed by atoms with Gasteiger partial charge in [-0.3, -0.25) is 0 Å². The van der Waals surface area contributed by atoms with Gasteiger partial charge in [-0.2, -0.15) is 0 Å². The van der Waals surface area contributed by atoms with E-state index in [2.05, 4.69) is 36.9 Å². The number of aliphatic imine (C=N–C) groups is 1. The SMILES string of the molecule is C=C/C=C(\C(C)F)C(F)C1CCN(/C(=N/C2=C(C(C)C3CC3)CCN(C)C2)C(=C)N)CC1. The molecular weight excluding hydrogens is 406 g/mol. The molecule has 0 aromatic heterocycles. The zero-order valence-corrected chi connectivity index (χ0v) is 20.0. The smallest absolute Gasteiger partial charge is 0.151 e. The van der Waals surface area contributed by atoms with Gasteiger partial charge in [0, 0.05) is 26.2 Å². The lowest BCUT2D eigenvalue weighted by atomic mass is 9.86. The number of hydrogen-bond acceptors (Lipinski definition) is 3. The highest BCUT2D eigenvalue weighted by molar-refractivity contribution is 5.97. The van der Waals surface area contributed by atoms with Crippen LogP contribution in [-0.2, 0) is 0 Å². The summed E-state index contributed by atoms with van der Waals surface area (Å²) in [6.07, 6.45) is 5.25. The quantitative estimate of drug-likeness (QED) is 0.324. The summed E-state index contributed by atoms with van der Waals surface area (Å²) >= 11 is 0.